The highest BCUT2D eigenvalue weighted by Gasteiger charge is 2.51. The third-order valence-corrected chi connectivity index (χ3v) is 4.47. The van der Waals surface area contributed by atoms with Gasteiger partial charge in [-0.15, -0.1) is 0 Å². The van der Waals surface area contributed by atoms with E-state index in [1.54, 1.807) is 31.3 Å². The Balaban J connectivity index is 1.74. The normalized spacial score (nSPS) is 14.9. The topological polar surface area (TPSA) is 58.2 Å². The van der Waals surface area contributed by atoms with Gasteiger partial charge in [0.2, 0.25) is 5.91 Å². The summed E-state index contributed by atoms with van der Waals surface area (Å²) >= 11 is 5.91. The molecule has 2 N–H and O–H groups in total. The van der Waals surface area contributed by atoms with Gasteiger partial charge in [0.15, 0.2) is 0 Å². The van der Waals surface area contributed by atoms with Crippen LogP contribution in [0.1, 0.15) is 28.8 Å². The highest BCUT2D eigenvalue weighted by Crippen LogP contribution is 2.49. The van der Waals surface area contributed by atoms with Crippen LogP contribution in [0, 0.1) is 0 Å². The first kappa shape index (κ1) is 15.6. The van der Waals surface area contributed by atoms with Gasteiger partial charge in [-0.25, -0.2) is 0 Å². The number of rotatable bonds is 4. The van der Waals surface area contributed by atoms with E-state index >= 15 is 0 Å². The van der Waals surface area contributed by atoms with Gasteiger partial charge in [-0.05, 0) is 54.8 Å². The Morgan fingerprint density at radius 2 is 1.61 bits per heavy atom. The van der Waals surface area contributed by atoms with Crippen molar-refractivity contribution in [2.24, 2.45) is 0 Å². The van der Waals surface area contributed by atoms with E-state index in [2.05, 4.69) is 10.6 Å². The van der Waals surface area contributed by atoms with Gasteiger partial charge >= 0.3 is 0 Å². The minimum absolute atomic E-state index is 0.0208. The summed E-state index contributed by atoms with van der Waals surface area (Å²) < 4.78 is 0. The summed E-state index contributed by atoms with van der Waals surface area (Å²) in [5, 5.41) is 6.16. The zero-order valence-electron chi connectivity index (χ0n) is 12.7. The number of hydrogen-bond acceptors (Lipinski definition) is 2. The van der Waals surface area contributed by atoms with E-state index in [1.807, 2.05) is 24.3 Å². The van der Waals surface area contributed by atoms with Crippen molar-refractivity contribution in [2.75, 3.05) is 12.4 Å². The van der Waals surface area contributed by atoms with Crippen molar-refractivity contribution < 1.29 is 9.59 Å². The summed E-state index contributed by atoms with van der Waals surface area (Å²) in [6, 6.07) is 14.3. The zero-order chi connectivity index (χ0) is 16.4. The maximum Gasteiger partial charge on any atom is 0.251 e. The molecule has 1 aliphatic rings. The first-order valence-electron chi connectivity index (χ1n) is 7.45. The van der Waals surface area contributed by atoms with Crippen molar-refractivity contribution in [3.8, 4) is 0 Å². The summed E-state index contributed by atoms with van der Waals surface area (Å²) in [4.78, 5) is 24.2. The molecule has 5 heteroatoms. The lowest BCUT2D eigenvalue weighted by molar-refractivity contribution is -0.118. The van der Waals surface area contributed by atoms with Crippen molar-refractivity contribution in [3.63, 3.8) is 0 Å². The number of carbonyl (C=O) groups is 2. The fourth-order valence-electron chi connectivity index (χ4n) is 2.64. The second-order valence-electron chi connectivity index (χ2n) is 5.70. The van der Waals surface area contributed by atoms with E-state index in [4.69, 9.17) is 11.6 Å². The third-order valence-electron chi connectivity index (χ3n) is 4.21. The van der Waals surface area contributed by atoms with E-state index in [-0.39, 0.29) is 11.8 Å². The van der Waals surface area contributed by atoms with Gasteiger partial charge in [-0.2, -0.15) is 0 Å². The molecular weight excluding hydrogens is 312 g/mol. The number of hydrogen-bond donors (Lipinski definition) is 2. The number of halogens is 1. The van der Waals surface area contributed by atoms with Gasteiger partial charge in [0.1, 0.15) is 0 Å². The van der Waals surface area contributed by atoms with Crippen LogP contribution < -0.4 is 10.6 Å². The van der Waals surface area contributed by atoms with Crippen LogP contribution in [0.2, 0.25) is 5.02 Å². The maximum absolute atomic E-state index is 12.6. The van der Waals surface area contributed by atoms with Crippen molar-refractivity contribution in [3.05, 3.63) is 64.7 Å². The molecule has 1 aliphatic carbocycles. The molecule has 0 bridgehead atoms. The first-order chi connectivity index (χ1) is 11.0. The minimum Gasteiger partial charge on any atom is -0.355 e. The molecule has 0 aromatic heterocycles. The second-order valence-corrected chi connectivity index (χ2v) is 6.14. The molecule has 4 nitrogen and oxygen atoms in total. The molecule has 2 aromatic carbocycles. The average Bonchev–Trinajstić information content (AvgIpc) is 3.37. The number of anilines is 1. The van der Waals surface area contributed by atoms with Crippen LogP contribution in [0.25, 0.3) is 0 Å². The molecule has 118 valence electrons. The molecule has 1 fully saturated rings. The Hall–Kier alpha value is -2.33. The molecule has 0 heterocycles. The molecule has 0 radical (unpaired) electrons. The number of amides is 2. The lowest BCUT2D eigenvalue weighted by Gasteiger charge is -2.16. The summed E-state index contributed by atoms with van der Waals surface area (Å²) in [5.41, 5.74) is 1.78. The van der Waals surface area contributed by atoms with Crippen LogP contribution in [-0.2, 0) is 10.2 Å². The molecule has 2 aromatic rings. The zero-order valence-corrected chi connectivity index (χ0v) is 13.5. The number of nitrogens with one attached hydrogen (secondary N) is 2. The molecule has 0 atom stereocenters. The van der Waals surface area contributed by atoms with Crippen LogP contribution in [0.3, 0.4) is 0 Å². The Labute approximate surface area is 139 Å². The molecule has 3 rings (SSSR count). The molecule has 23 heavy (non-hydrogen) atoms. The smallest absolute Gasteiger partial charge is 0.251 e. The molecular formula is C18H17ClN2O2. The predicted molar refractivity (Wildman–Crippen MR) is 90.8 cm³/mol. The molecule has 0 saturated heterocycles. The van der Waals surface area contributed by atoms with E-state index in [1.165, 1.54) is 0 Å². The highest BCUT2D eigenvalue weighted by molar-refractivity contribution is 6.30. The summed E-state index contributed by atoms with van der Waals surface area (Å²) in [6.45, 7) is 0. The van der Waals surface area contributed by atoms with Gasteiger partial charge in [-0.3, -0.25) is 9.59 Å². The van der Waals surface area contributed by atoms with E-state index in [9.17, 15) is 9.59 Å². The Morgan fingerprint density at radius 1 is 1.00 bits per heavy atom. The summed E-state index contributed by atoms with van der Waals surface area (Å²) in [5.74, 6) is -0.171. The SMILES string of the molecule is CNC(=O)c1ccc(NC(=O)C2(c3ccc(Cl)cc3)CC2)cc1. The maximum atomic E-state index is 12.6. The Morgan fingerprint density at radius 3 is 2.13 bits per heavy atom. The molecule has 0 spiro atoms. The van der Waals surface area contributed by atoms with Crippen molar-refractivity contribution in [1.29, 1.82) is 0 Å². The van der Waals surface area contributed by atoms with Gasteiger partial charge in [0.25, 0.3) is 5.91 Å². The monoisotopic (exact) mass is 328 g/mol. The quantitative estimate of drug-likeness (QED) is 0.904. The van der Waals surface area contributed by atoms with E-state index < -0.39 is 5.41 Å². The largest absolute Gasteiger partial charge is 0.355 e. The first-order valence-corrected chi connectivity index (χ1v) is 7.83. The van der Waals surface area contributed by atoms with Crippen molar-refractivity contribution in [1.82, 2.24) is 5.32 Å². The van der Waals surface area contributed by atoms with Crippen LogP contribution in [0.15, 0.2) is 48.5 Å². The van der Waals surface area contributed by atoms with Crippen molar-refractivity contribution >= 4 is 29.1 Å². The van der Waals surface area contributed by atoms with E-state index in [0.29, 0.717) is 16.3 Å². The summed E-state index contributed by atoms with van der Waals surface area (Å²) in [7, 11) is 1.58. The Kier molecular flexibility index (Phi) is 4.09. The van der Waals surface area contributed by atoms with E-state index in [0.717, 1.165) is 18.4 Å². The highest BCUT2D eigenvalue weighted by atomic mass is 35.5. The van der Waals surface area contributed by atoms with Crippen LogP contribution in [-0.4, -0.2) is 18.9 Å². The fourth-order valence-corrected chi connectivity index (χ4v) is 2.77. The van der Waals surface area contributed by atoms with Gasteiger partial charge < -0.3 is 10.6 Å². The fraction of sp³-hybridized carbons (Fsp3) is 0.222. The predicted octanol–water partition coefficient (Wildman–Crippen LogP) is 3.37. The number of benzene rings is 2. The van der Waals surface area contributed by atoms with Gasteiger partial charge in [-0.1, -0.05) is 23.7 Å². The molecule has 0 aliphatic heterocycles. The minimum atomic E-state index is -0.454. The van der Waals surface area contributed by atoms with Gasteiger partial charge in [0, 0.05) is 23.3 Å². The lowest BCUT2D eigenvalue weighted by Crippen LogP contribution is -2.27. The second kappa shape index (κ2) is 6.05. The van der Waals surface area contributed by atoms with Crippen molar-refractivity contribution in [2.45, 2.75) is 18.3 Å². The van der Waals surface area contributed by atoms with Crippen LogP contribution >= 0.6 is 11.6 Å². The molecule has 0 unspecified atom stereocenters. The molecule has 2 amide bonds. The standard InChI is InChI=1S/C18H17ClN2O2/c1-20-16(22)12-2-8-15(9-3-12)21-17(23)18(10-11-18)13-4-6-14(19)7-5-13/h2-9H,10-11H2,1H3,(H,20,22)(H,21,23). The Bertz CT molecular complexity index is 735. The molecule has 1 saturated carbocycles. The van der Waals surface area contributed by atoms with Crippen LogP contribution in [0.5, 0.6) is 0 Å². The van der Waals surface area contributed by atoms with Gasteiger partial charge in [0.05, 0.1) is 5.41 Å². The lowest BCUT2D eigenvalue weighted by atomic mass is 9.95. The number of carbonyl (C=O) groups excluding carboxylic acids is 2. The third kappa shape index (κ3) is 3.08. The van der Waals surface area contributed by atoms with Crippen LogP contribution in [0.4, 0.5) is 5.69 Å². The average molecular weight is 329 g/mol. The summed E-state index contributed by atoms with van der Waals surface area (Å²) in [6.07, 6.45) is 1.66.